The quantitative estimate of drug-likeness (QED) is 0.830. The molecule has 1 aromatic carbocycles. The van der Waals surface area contributed by atoms with Crippen LogP contribution in [-0.2, 0) is 0 Å². The predicted octanol–water partition coefficient (Wildman–Crippen LogP) is 4.83. The lowest BCUT2D eigenvalue weighted by atomic mass is 9.81. The zero-order valence-corrected chi connectivity index (χ0v) is 11.7. The van der Waals surface area contributed by atoms with Crippen LogP contribution in [0, 0.1) is 5.92 Å². The molecule has 2 rings (SSSR count). The molecule has 0 amide bonds. The Kier molecular flexibility index (Phi) is 4.72. The van der Waals surface area contributed by atoms with E-state index >= 15 is 0 Å². The Hall–Kier alpha value is -0.240. The number of hydrogen-bond acceptors (Lipinski definition) is 1. The lowest BCUT2D eigenvalue weighted by molar-refractivity contribution is 0.282. The van der Waals surface area contributed by atoms with Gasteiger partial charge in [0.1, 0.15) is 0 Å². The lowest BCUT2D eigenvalue weighted by Gasteiger charge is -2.31. The van der Waals surface area contributed by atoms with Gasteiger partial charge in [-0.15, -0.1) is 0 Å². The third kappa shape index (κ3) is 3.15. The maximum atomic E-state index is 6.29. The maximum Gasteiger partial charge on any atom is 0.0454 e. The van der Waals surface area contributed by atoms with Gasteiger partial charge in [-0.1, -0.05) is 42.5 Å². The van der Waals surface area contributed by atoms with E-state index in [1.54, 1.807) is 0 Å². The first kappa shape index (κ1) is 13.2. The monoisotopic (exact) mass is 271 g/mol. The van der Waals surface area contributed by atoms with Gasteiger partial charge in [0.2, 0.25) is 0 Å². The molecule has 0 radical (unpaired) electrons. The molecular formula is C14H19Cl2N. The molecule has 3 heteroatoms. The molecule has 1 aromatic rings. The van der Waals surface area contributed by atoms with Crippen LogP contribution in [0.25, 0.3) is 0 Å². The molecule has 0 bridgehead atoms. The Morgan fingerprint density at radius 2 is 1.88 bits per heavy atom. The van der Waals surface area contributed by atoms with Gasteiger partial charge in [0.25, 0.3) is 0 Å². The summed E-state index contributed by atoms with van der Waals surface area (Å²) in [4.78, 5) is 0. The zero-order valence-electron chi connectivity index (χ0n) is 10.2. The summed E-state index contributed by atoms with van der Waals surface area (Å²) in [5.41, 5.74) is 1.15. The van der Waals surface area contributed by atoms with Gasteiger partial charge in [0.05, 0.1) is 0 Å². The lowest BCUT2D eigenvalue weighted by Crippen LogP contribution is -2.27. The molecule has 94 valence electrons. The molecule has 1 unspecified atom stereocenters. The van der Waals surface area contributed by atoms with Crippen LogP contribution < -0.4 is 5.32 Å². The predicted molar refractivity (Wildman–Crippen MR) is 74.8 cm³/mol. The average molecular weight is 272 g/mol. The van der Waals surface area contributed by atoms with Gasteiger partial charge in [-0.3, -0.25) is 0 Å². The van der Waals surface area contributed by atoms with E-state index in [9.17, 15) is 0 Å². The smallest absolute Gasteiger partial charge is 0.0454 e. The fourth-order valence-corrected chi connectivity index (χ4v) is 3.28. The Bertz CT molecular complexity index is 372. The summed E-state index contributed by atoms with van der Waals surface area (Å²) in [6, 6.07) is 6.08. The minimum atomic E-state index is 0.335. The van der Waals surface area contributed by atoms with Crippen molar-refractivity contribution < 1.29 is 0 Å². The molecular weight excluding hydrogens is 253 g/mol. The Morgan fingerprint density at radius 1 is 1.18 bits per heavy atom. The molecule has 0 aliphatic heterocycles. The van der Waals surface area contributed by atoms with Crippen LogP contribution in [0.5, 0.6) is 0 Å². The van der Waals surface area contributed by atoms with Gasteiger partial charge in [-0.25, -0.2) is 0 Å². The third-order valence-corrected chi connectivity index (χ3v) is 4.30. The van der Waals surface area contributed by atoms with Gasteiger partial charge >= 0.3 is 0 Å². The standard InChI is InChI=1S/C14H19Cl2N/c1-17-14(10-5-3-2-4-6-10)12-9-11(15)7-8-13(12)16/h7-10,14,17H,2-6H2,1H3. The van der Waals surface area contributed by atoms with E-state index in [1.165, 1.54) is 32.1 Å². The molecule has 0 heterocycles. The number of rotatable bonds is 3. The molecule has 0 saturated heterocycles. The normalized spacial score (nSPS) is 19.2. The second-order valence-electron chi connectivity index (χ2n) is 4.83. The van der Waals surface area contributed by atoms with E-state index in [2.05, 4.69) is 5.32 Å². The first-order valence-corrected chi connectivity index (χ1v) is 7.10. The van der Waals surface area contributed by atoms with Crippen molar-refractivity contribution in [3.05, 3.63) is 33.8 Å². The highest BCUT2D eigenvalue weighted by atomic mass is 35.5. The van der Waals surface area contributed by atoms with E-state index in [0.29, 0.717) is 12.0 Å². The summed E-state index contributed by atoms with van der Waals surface area (Å²) in [5.74, 6) is 0.685. The van der Waals surface area contributed by atoms with Crippen LogP contribution in [0.4, 0.5) is 0 Å². The number of halogens is 2. The fourth-order valence-electron chi connectivity index (χ4n) is 2.87. The second kappa shape index (κ2) is 6.08. The van der Waals surface area contributed by atoms with Gasteiger partial charge in [0, 0.05) is 16.1 Å². The van der Waals surface area contributed by atoms with E-state index in [4.69, 9.17) is 23.2 Å². The molecule has 1 saturated carbocycles. The van der Waals surface area contributed by atoms with E-state index in [0.717, 1.165) is 15.6 Å². The van der Waals surface area contributed by atoms with Crippen LogP contribution in [0.15, 0.2) is 18.2 Å². The largest absolute Gasteiger partial charge is 0.313 e. The van der Waals surface area contributed by atoms with Crippen molar-refractivity contribution in [2.75, 3.05) is 7.05 Å². The van der Waals surface area contributed by atoms with Gasteiger partial charge in [0.15, 0.2) is 0 Å². The Balaban J connectivity index is 2.24. The minimum absolute atomic E-state index is 0.335. The molecule has 1 aliphatic rings. The number of benzene rings is 1. The van der Waals surface area contributed by atoms with Crippen molar-refractivity contribution in [3.63, 3.8) is 0 Å². The SMILES string of the molecule is CNC(c1cc(Cl)ccc1Cl)C1CCCCC1. The molecule has 1 N–H and O–H groups in total. The van der Waals surface area contributed by atoms with Crippen molar-refractivity contribution >= 4 is 23.2 Å². The molecule has 1 aliphatic carbocycles. The summed E-state index contributed by atoms with van der Waals surface area (Å²) in [6.45, 7) is 0. The van der Waals surface area contributed by atoms with Gasteiger partial charge < -0.3 is 5.32 Å². The van der Waals surface area contributed by atoms with Crippen molar-refractivity contribution in [1.29, 1.82) is 0 Å². The topological polar surface area (TPSA) is 12.0 Å². The third-order valence-electron chi connectivity index (χ3n) is 3.73. The van der Waals surface area contributed by atoms with Crippen molar-refractivity contribution in [3.8, 4) is 0 Å². The zero-order chi connectivity index (χ0) is 12.3. The van der Waals surface area contributed by atoms with Crippen LogP contribution in [0.3, 0.4) is 0 Å². The molecule has 0 spiro atoms. The van der Waals surface area contributed by atoms with Crippen LogP contribution in [0.2, 0.25) is 10.0 Å². The minimum Gasteiger partial charge on any atom is -0.313 e. The van der Waals surface area contributed by atoms with E-state index < -0.39 is 0 Å². The first-order chi connectivity index (χ1) is 8.22. The van der Waals surface area contributed by atoms with Crippen molar-refractivity contribution in [2.45, 2.75) is 38.1 Å². The summed E-state index contributed by atoms with van der Waals surface area (Å²) < 4.78 is 0. The summed E-state index contributed by atoms with van der Waals surface area (Å²) in [6.07, 6.45) is 6.61. The average Bonchev–Trinajstić information content (AvgIpc) is 2.36. The Morgan fingerprint density at radius 3 is 2.53 bits per heavy atom. The van der Waals surface area contributed by atoms with Crippen LogP contribution in [-0.4, -0.2) is 7.05 Å². The molecule has 0 aromatic heterocycles. The van der Waals surface area contributed by atoms with E-state index in [-0.39, 0.29) is 0 Å². The first-order valence-electron chi connectivity index (χ1n) is 6.34. The maximum absolute atomic E-state index is 6.29. The summed E-state index contributed by atoms with van der Waals surface area (Å²) in [5, 5.41) is 5.00. The molecule has 1 atom stereocenters. The second-order valence-corrected chi connectivity index (χ2v) is 5.67. The van der Waals surface area contributed by atoms with Crippen LogP contribution >= 0.6 is 23.2 Å². The fraction of sp³-hybridized carbons (Fsp3) is 0.571. The highest BCUT2D eigenvalue weighted by Crippen LogP contribution is 2.37. The molecule has 1 fully saturated rings. The summed E-state index contributed by atoms with van der Waals surface area (Å²) in [7, 11) is 2.01. The molecule has 17 heavy (non-hydrogen) atoms. The number of nitrogens with one attached hydrogen (secondary N) is 1. The Labute approximate surface area is 114 Å². The highest BCUT2D eigenvalue weighted by Gasteiger charge is 2.25. The van der Waals surface area contributed by atoms with Gasteiger partial charge in [-0.2, -0.15) is 0 Å². The van der Waals surface area contributed by atoms with E-state index in [1.807, 2.05) is 25.2 Å². The van der Waals surface area contributed by atoms with Crippen molar-refractivity contribution in [2.24, 2.45) is 5.92 Å². The van der Waals surface area contributed by atoms with Gasteiger partial charge in [-0.05, 0) is 49.6 Å². The molecule has 1 nitrogen and oxygen atoms in total. The number of hydrogen-bond donors (Lipinski definition) is 1. The van der Waals surface area contributed by atoms with Crippen molar-refractivity contribution in [1.82, 2.24) is 5.32 Å². The highest BCUT2D eigenvalue weighted by molar-refractivity contribution is 6.33. The van der Waals surface area contributed by atoms with Crippen LogP contribution in [0.1, 0.15) is 43.7 Å². The summed E-state index contributed by atoms with van der Waals surface area (Å²) >= 11 is 12.4.